The summed E-state index contributed by atoms with van der Waals surface area (Å²) in [6.45, 7) is 14.2. The van der Waals surface area contributed by atoms with E-state index >= 15 is 0 Å². The molecule has 2 aliphatic rings. The largest absolute Gasteiger partial charge is 0.368 e. The predicted molar refractivity (Wildman–Crippen MR) is 154 cm³/mol. The van der Waals surface area contributed by atoms with Gasteiger partial charge in [0.2, 0.25) is 11.9 Å². The van der Waals surface area contributed by atoms with Crippen LogP contribution in [0.4, 0.5) is 0 Å². The molecule has 1 amide bonds. The predicted octanol–water partition coefficient (Wildman–Crippen LogP) is 4.43. The molecular weight excluding hydrogens is 486 g/mol. The van der Waals surface area contributed by atoms with Crippen LogP contribution in [0.1, 0.15) is 53.5 Å². The number of nitrogens with one attached hydrogen (secondary N) is 1. The molecule has 200 valence electrons. The van der Waals surface area contributed by atoms with Crippen molar-refractivity contribution in [3.8, 4) is 0 Å². The zero-order valence-electron chi connectivity index (χ0n) is 22.8. The monoisotopic (exact) mass is 525 g/mol. The van der Waals surface area contributed by atoms with Crippen LogP contribution in [0.5, 0.6) is 0 Å². The first-order chi connectivity index (χ1) is 17.6. The molecule has 0 spiro atoms. The van der Waals surface area contributed by atoms with E-state index in [0.29, 0.717) is 49.0 Å². The van der Waals surface area contributed by atoms with Gasteiger partial charge in [-0.1, -0.05) is 75.7 Å². The number of hydrogen-bond donors (Lipinski definition) is 2. The summed E-state index contributed by atoms with van der Waals surface area (Å²) in [5.41, 5.74) is 7.85. The number of hydrogen-bond acceptors (Lipinski definition) is 7. The first-order valence-electron chi connectivity index (χ1n) is 12.9. The lowest BCUT2D eigenvalue weighted by atomic mass is 9.88. The van der Waals surface area contributed by atoms with E-state index in [2.05, 4.69) is 56.2 Å². The van der Waals surface area contributed by atoms with Crippen LogP contribution in [0.2, 0.25) is 5.02 Å². The Hall–Kier alpha value is -2.97. The fourth-order valence-corrected chi connectivity index (χ4v) is 4.59. The van der Waals surface area contributed by atoms with Crippen molar-refractivity contribution in [3.05, 3.63) is 58.7 Å². The number of primary amides is 1. The molecule has 9 heteroatoms. The number of carbonyl (C=O) groups is 1. The van der Waals surface area contributed by atoms with Gasteiger partial charge in [0.15, 0.2) is 0 Å². The molecule has 3 N–H and O–H groups in total. The van der Waals surface area contributed by atoms with Crippen molar-refractivity contribution in [2.24, 2.45) is 32.7 Å². The number of nitrogens with zero attached hydrogens (tertiary/aromatic N) is 5. The molecule has 1 aromatic rings. The Morgan fingerprint density at radius 1 is 1.30 bits per heavy atom. The minimum Gasteiger partial charge on any atom is -0.368 e. The fourth-order valence-electron chi connectivity index (χ4n) is 4.36. The minimum absolute atomic E-state index is 0.0326. The Balaban J connectivity index is 1.98. The van der Waals surface area contributed by atoms with Crippen molar-refractivity contribution < 1.29 is 4.79 Å². The van der Waals surface area contributed by atoms with E-state index in [9.17, 15) is 4.79 Å². The Bertz CT molecular complexity index is 1130. The number of allylic oxidation sites excluding steroid dienone is 4. The van der Waals surface area contributed by atoms with E-state index in [4.69, 9.17) is 27.4 Å². The topological polar surface area (TPSA) is 98.7 Å². The third kappa shape index (κ3) is 6.67. The van der Waals surface area contributed by atoms with Crippen LogP contribution in [0.3, 0.4) is 0 Å². The van der Waals surface area contributed by atoms with Crippen LogP contribution in [-0.2, 0) is 4.79 Å². The maximum Gasteiger partial charge on any atom is 0.241 e. The summed E-state index contributed by atoms with van der Waals surface area (Å²) in [5, 5.41) is 10.9. The number of nitrogens with two attached hydrogens (primary N) is 1. The van der Waals surface area contributed by atoms with Crippen molar-refractivity contribution in [3.63, 3.8) is 0 Å². The zero-order chi connectivity index (χ0) is 27.2. The number of rotatable bonds is 10. The molecule has 2 heterocycles. The summed E-state index contributed by atoms with van der Waals surface area (Å²) in [6.07, 6.45) is 7.33. The number of amides is 1. The Morgan fingerprint density at radius 2 is 2.00 bits per heavy atom. The molecule has 0 aliphatic carbocycles. The van der Waals surface area contributed by atoms with E-state index in [1.54, 1.807) is 5.01 Å². The smallest absolute Gasteiger partial charge is 0.241 e. The molecule has 8 nitrogen and oxygen atoms in total. The number of benzene rings is 1. The average molecular weight is 526 g/mol. The quantitative estimate of drug-likeness (QED) is 0.349. The van der Waals surface area contributed by atoms with Gasteiger partial charge in [-0.2, -0.15) is 10.1 Å². The summed E-state index contributed by atoms with van der Waals surface area (Å²) >= 11 is 6.66. The number of carbonyl (C=O) groups excluding carboxylic acids is 1. The average Bonchev–Trinajstić information content (AvgIpc) is 2.83. The molecule has 0 aromatic heterocycles. The van der Waals surface area contributed by atoms with Gasteiger partial charge in [-0.05, 0) is 44.4 Å². The van der Waals surface area contributed by atoms with E-state index < -0.39 is 5.54 Å². The number of halogens is 1. The van der Waals surface area contributed by atoms with Crippen molar-refractivity contribution in [2.45, 2.75) is 53.5 Å². The summed E-state index contributed by atoms with van der Waals surface area (Å²) in [4.78, 5) is 23.7. The molecule has 3 rings (SSSR count). The van der Waals surface area contributed by atoms with Crippen molar-refractivity contribution >= 4 is 35.0 Å². The SMILES string of the molecule is C/C=C(\C=C/CC)C(C)/C(=N\N1CN=C(C)N=C1N1CC(NCC(C)C)(C(N)=O)C1)c1ccccc1Cl. The van der Waals surface area contributed by atoms with Crippen molar-refractivity contribution in [2.75, 3.05) is 26.3 Å². The van der Waals surface area contributed by atoms with Crippen molar-refractivity contribution in [1.82, 2.24) is 15.2 Å². The summed E-state index contributed by atoms with van der Waals surface area (Å²) in [5.74, 6) is 1.33. The van der Waals surface area contributed by atoms with Gasteiger partial charge in [0.1, 0.15) is 18.0 Å². The normalized spacial score (nSPS) is 19.1. The molecule has 1 saturated heterocycles. The zero-order valence-corrected chi connectivity index (χ0v) is 23.6. The van der Waals surface area contributed by atoms with Crippen LogP contribution in [0, 0.1) is 11.8 Å². The number of aliphatic imine (C=N–C) groups is 2. The first-order valence-corrected chi connectivity index (χ1v) is 13.3. The molecule has 37 heavy (non-hydrogen) atoms. The highest BCUT2D eigenvalue weighted by Gasteiger charge is 2.50. The summed E-state index contributed by atoms with van der Waals surface area (Å²) in [7, 11) is 0. The molecule has 0 radical (unpaired) electrons. The molecule has 1 fully saturated rings. The molecular formula is C28H40ClN7O. The van der Waals surface area contributed by atoms with Gasteiger partial charge in [-0.25, -0.2) is 10.0 Å². The third-order valence-electron chi connectivity index (χ3n) is 6.62. The van der Waals surface area contributed by atoms with E-state index in [1.807, 2.05) is 43.0 Å². The maximum absolute atomic E-state index is 12.4. The second-order valence-corrected chi connectivity index (χ2v) is 10.4. The minimum atomic E-state index is -0.785. The number of amidine groups is 1. The lowest BCUT2D eigenvalue weighted by Gasteiger charge is -2.51. The number of likely N-dealkylation sites (tertiary alicyclic amines) is 1. The van der Waals surface area contributed by atoms with Crippen LogP contribution in [0.25, 0.3) is 0 Å². The van der Waals surface area contributed by atoms with Crippen LogP contribution in [-0.4, -0.2) is 65.2 Å². The molecule has 2 aliphatic heterocycles. The van der Waals surface area contributed by atoms with E-state index in [1.165, 1.54) is 0 Å². The van der Waals surface area contributed by atoms with E-state index in [0.717, 1.165) is 23.3 Å². The highest BCUT2D eigenvalue weighted by Crippen LogP contribution is 2.28. The van der Waals surface area contributed by atoms with Gasteiger partial charge in [0.25, 0.3) is 0 Å². The van der Waals surface area contributed by atoms with Gasteiger partial charge in [0.05, 0.1) is 5.71 Å². The molecule has 1 atom stereocenters. The summed E-state index contributed by atoms with van der Waals surface area (Å²) < 4.78 is 0. The molecule has 1 aromatic carbocycles. The van der Waals surface area contributed by atoms with Gasteiger partial charge in [-0.15, -0.1) is 0 Å². The Labute approximate surface area is 226 Å². The Kier molecular flexibility index (Phi) is 9.68. The van der Waals surface area contributed by atoms with Gasteiger partial charge < -0.3 is 16.0 Å². The number of guanidine groups is 1. The van der Waals surface area contributed by atoms with Gasteiger partial charge in [0, 0.05) is 29.6 Å². The lowest BCUT2D eigenvalue weighted by Crippen LogP contribution is -2.77. The van der Waals surface area contributed by atoms with Crippen LogP contribution < -0.4 is 11.1 Å². The van der Waals surface area contributed by atoms with E-state index in [-0.39, 0.29) is 11.8 Å². The maximum atomic E-state index is 12.4. The van der Waals surface area contributed by atoms with Crippen LogP contribution >= 0.6 is 11.6 Å². The molecule has 1 unspecified atom stereocenters. The molecule has 0 bridgehead atoms. The van der Waals surface area contributed by atoms with Crippen molar-refractivity contribution in [1.29, 1.82) is 0 Å². The van der Waals surface area contributed by atoms with Gasteiger partial charge >= 0.3 is 0 Å². The molecule has 0 saturated carbocycles. The van der Waals surface area contributed by atoms with Gasteiger partial charge in [-0.3, -0.25) is 4.79 Å². The standard InChI is InChI=1S/C28H40ClN7O/c1-7-9-12-22(8-2)20(5)25(23-13-10-11-14-24(23)29)34-36-18-31-21(6)33-27(36)35-16-28(17-35,26(30)37)32-15-19(3)4/h8-14,19-20,32H,7,15-18H2,1-6H3,(H2,30,37)/b12-9-,22-8+,34-25+. The number of hydrazone groups is 1. The highest BCUT2D eigenvalue weighted by molar-refractivity contribution is 6.34. The highest BCUT2D eigenvalue weighted by atomic mass is 35.5. The fraction of sp³-hybridized carbons (Fsp3) is 0.500. The first kappa shape index (κ1) is 28.6. The second kappa shape index (κ2) is 12.5. The lowest BCUT2D eigenvalue weighted by molar-refractivity contribution is -0.129. The summed E-state index contributed by atoms with van der Waals surface area (Å²) in [6, 6.07) is 7.74. The van der Waals surface area contributed by atoms with Crippen LogP contribution in [0.15, 0.2) is 63.2 Å². The second-order valence-electron chi connectivity index (χ2n) is 10.0. The Morgan fingerprint density at radius 3 is 2.59 bits per heavy atom. The third-order valence-corrected chi connectivity index (χ3v) is 6.95.